The molecule has 3 rings (SSSR count). The zero-order valence-electron chi connectivity index (χ0n) is 16.5. The van der Waals surface area contributed by atoms with E-state index in [9.17, 15) is 0 Å². The third-order valence-electron chi connectivity index (χ3n) is 4.74. The number of nitrogens with zero attached hydrogens (tertiary/aromatic N) is 1. The molecule has 2 N–H and O–H groups in total. The van der Waals surface area contributed by atoms with Crippen LogP contribution in [0.5, 0.6) is 0 Å². The van der Waals surface area contributed by atoms with Crippen LogP contribution in [0.1, 0.15) is 47.7 Å². The number of nitrogens with one attached hydrogen (secondary N) is 2. The van der Waals surface area contributed by atoms with E-state index in [-0.39, 0.29) is 16.8 Å². The van der Waals surface area contributed by atoms with Gasteiger partial charge in [0.05, 0.1) is 22.1 Å². The quantitative estimate of drug-likeness (QED) is 0.461. The third-order valence-corrected chi connectivity index (χ3v) is 5.51. The highest BCUT2D eigenvalue weighted by molar-refractivity contribution is 7.09. The third kappa shape index (κ3) is 4.70. The predicted molar refractivity (Wildman–Crippen MR) is 120 cm³/mol. The number of allylic oxidation sites excluding steroid dienone is 1. The van der Waals surface area contributed by atoms with E-state index in [1.807, 2.05) is 61.5 Å². The van der Waals surface area contributed by atoms with E-state index < -0.39 is 0 Å². The van der Waals surface area contributed by atoms with Gasteiger partial charge in [-0.15, -0.1) is 11.3 Å². The molecule has 0 spiro atoms. The summed E-state index contributed by atoms with van der Waals surface area (Å²) in [4.78, 5) is 4.63. The maximum atomic E-state index is 8.41. The number of aryl methyl sites for hydroxylation is 1. The lowest BCUT2D eigenvalue weighted by Gasteiger charge is -2.20. The van der Waals surface area contributed by atoms with E-state index in [2.05, 4.69) is 36.4 Å². The summed E-state index contributed by atoms with van der Waals surface area (Å²) in [5, 5.41) is 20.0. The van der Waals surface area contributed by atoms with Crippen molar-refractivity contribution in [2.24, 2.45) is 0 Å². The molecule has 4 heteroatoms. The van der Waals surface area contributed by atoms with Crippen molar-refractivity contribution in [2.45, 2.75) is 32.6 Å². The second-order valence-electron chi connectivity index (χ2n) is 7.48. The van der Waals surface area contributed by atoms with Crippen LogP contribution in [0.4, 0.5) is 0 Å². The lowest BCUT2D eigenvalue weighted by Crippen LogP contribution is -2.16. The van der Waals surface area contributed by atoms with Crippen LogP contribution in [-0.4, -0.2) is 16.4 Å². The van der Waals surface area contributed by atoms with Crippen LogP contribution in [0.3, 0.4) is 0 Å². The van der Waals surface area contributed by atoms with Gasteiger partial charge in [0.25, 0.3) is 0 Å². The molecule has 0 aliphatic carbocycles. The minimum atomic E-state index is -0.0129. The number of thiazole rings is 1. The van der Waals surface area contributed by atoms with Crippen LogP contribution < -0.4 is 0 Å². The van der Waals surface area contributed by atoms with E-state index in [0.29, 0.717) is 0 Å². The van der Waals surface area contributed by atoms with Gasteiger partial charge in [0, 0.05) is 21.9 Å². The van der Waals surface area contributed by atoms with Crippen LogP contribution in [0, 0.1) is 17.7 Å². The monoisotopic (exact) mass is 387 g/mol. The van der Waals surface area contributed by atoms with Crippen LogP contribution in [0.25, 0.3) is 6.08 Å². The van der Waals surface area contributed by atoms with Gasteiger partial charge in [-0.25, -0.2) is 4.98 Å². The smallest absolute Gasteiger partial charge is 0.0897 e. The number of hydrogen-bond acceptors (Lipinski definition) is 4. The molecule has 0 amide bonds. The van der Waals surface area contributed by atoms with Crippen molar-refractivity contribution in [2.75, 3.05) is 0 Å². The van der Waals surface area contributed by atoms with Crippen LogP contribution in [0.2, 0.25) is 0 Å². The molecule has 2 aromatic carbocycles. The minimum Gasteiger partial charge on any atom is -0.298 e. The largest absolute Gasteiger partial charge is 0.298 e. The molecule has 0 aliphatic rings. The molecule has 0 saturated heterocycles. The first kappa shape index (κ1) is 19.9. The first-order valence-electron chi connectivity index (χ1n) is 9.29. The summed E-state index contributed by atoms with van der Waals surface area (Å²) in [6, 6.07) is 17.3. The summed E-state index contributed by atoms with van der Waals surface area (Å²) in [6.45, 7) is 6.45. The molecule has 0 unspecified atom stereocenters. The van der Waals surface area contributed by atoms with Gasteiger partial charge >= 0.3 is 0 Å². The molecule has 142 valence electrons. The molecule has 0 bridgehead atoms. The highest BCUT2D eigenvalue weighted by Gasteiger charge is 2.21. The fraction of sp³-hybridized carbons (Fsp3) is 0.208. The summed E-state index contributed by atoms with van der Waals surface area (Å²) < 4.78 is 0. The summed E-state index contributed by atoms with van der Waals surface area (Å²) in [7, 11) is 0. The molecule has 0 saturated carbocycles. The summed E-state index contributed by atoms with van der Waals surface area (Å²) >= 11 is 1.69. The van der Waals surface area contributed by atoms with Gasteiger partial charge in [-0.3, -0.25) is 10.8 Å². The molecule has 0 aliphatic heterocycles. The summed E-state index contributed by atoms with van der Waals surface area (Å²) in [6.07, 6.45) is 5.14. The van der Waals surface area contributed by atoms with Gasteiger partial charge in [-0.05, 0) is 25.0 Å². The van der Waals surface area contributed by atoms with Crippen LogP contribution >= 0.6 is 11.3 Å². The Kier molecular flexibility index (Phi) is 6.00. The fourth-order valence-electron chi connectivity index (χ4n) is 2.96. The highest BCUT2D eigenvalue weighted by Crippen LogP contribution is 2.28. The van der Waals surface area contributed by atoms with Crippen molar-refractivity contribution in [3.8, 4) is 0 Å². The predicted octanol–water partition coefficient (Wildman–Crippen LogP) is 6.27. The van der Waals surface area contributed by atoms with Gasteiger partial charge in [0.1, 0.15) is 0 Å². The molecule has 1 heterocycles. The first-order valence-corrected chi connectivity index (χ1v) is 10.2. The van der Waals surface area contributed by atoms with Crippen molar-refractivity contribution in [1.29, 1.82) is 10.8 Å². The van der Waals surface area contributed by atoms with Crippen molar-refractivity contribution in [3.63, 3.8) is 0 Å². The average molecular weight is 388 g/mol. The van der Waals surface area contributed by atoms with Gasteiger partial charge in [0.15, 0.2) is 0 Å². The molecule has 0 atom stereocenters. The molecule has 0 fully saturated rings. The minimum absolute atomic E-state index is 0.0129. The topological polar surface area (TPSA) is 60.6 Å². The molecule has 1 aromatic heterocycles. The fourth-order valence-corrected chi connectivity index (χ4v) is 3.76. The second-order valence-corrected chi connectivity index (χ2v) is 8.55. The van der Waals surface area contributed by atoms with Crippen molar-refractivity contribution >= 4 is 28.8 Å². The Morgan fingerprint density at radius 3 is 2.36 bits per heavy atom. The van der Waals surface area contributed by atoms with E-state index in [1.54, 1.807) is 11.3 Å². The number of hydrogen-bond donors (Lipinski definition) is 2. The Balaban J connectivity index is 1.72. The maximum Gasteiger partial charge on any atom is 0.0897 e. The normalized spacial score (nSPS) is 11.7. The molecule has 28 heavy (non-hydrogen) atoms. The number of benzene rings is 2. The van der Waals surface area contributed by atoms with Gasteiger partial charge < -0.3 is 0 Å². The molecular formula is C24H25N3S. The number of rotatable bonds is 7. The van der Waals surface area contributed by atoms with E-state index in [1.165, 1.54) is 0 Å². The van der Waals surface area contributed by atoms with Crippen LogP contribution in [-0.2, 0) is 5.41 Å². The Hall–Kier alpha value is -2.85. The van der Waals surface area contributed by atoms with Gasteiger partial charge in [-0.1, -0.05) is 74.5 Å². The SMILES string of the molecule is Cc1nc(C(C)(C)C/C=C/c2cccc(C(=N)C(=N)c3ccccc3)c2)cs1. The van der Waals surface area contributed by atoms with E-state index >= 15 is 0 Å². The van der Waals surface area contributed by atoms with Gasteiger partial charge in [0.2, 0.25) is 0 Å². The molecule has 3 nitrogen and oxygen atoms in total. The van der Waals surface area contributed by atoms with Gasteiger partial charge in [-0.2, -0.15) is 0 Å². The molecule has 3 aromatic rings. The lowest BCUT2D eigenvalue weighted by atomic mass is 9.86. The lowest BCUT2D eigenvalue weighted by molar-refractivity contribution is 0.519. The standard InChI is InChI=1S/C24H25N3S/c1-17-27-21(16-28-17)24(2,3)14-8-10-18-9-7-13-20(15-18)23(26)22(25)19-11-5-4-6-12-19/h4-13,15-16,25-26H,14H2,1-3H3/b10-8+,25-22?,26-23?. The second kappa shape index (κ2) is 8.44. The van der Waals surface area contributed by atoms with Crippen molar-refractivity contribution in [3.05, 3.63) is 93.4 Å². The summed E-state index contributed by atoms with van der Waals surface area (Å²) in [5.41, 5.74) is 4.14. The Labute approximate surface area is 170 Å². The Bertz CT molecular complexity index is 1010. The zero-order valence-corrected chi connectivity index (χ0v) is 17.3. The van der Waals surface area contributed by atoms with Crippen LogP contribution in [0.15, 0.2) is 66.1 Å². The molecule has 0 radical (unpaired) electrons. The summed E-state index contributed by atoms with van der Waals surface area (Å²) in [5.74, 6) is 0. The molecular weight excluding hydrogens is 362 g/mol. The highest BCUT2D eigenvalue weighted by atomic mass is 32.1. The Morgan fingerprint density at radius 2 is 1.68 bits per heavy atom. The Morgan fingerprint density at radius 1 is 1.00 bits per heavy atom. The zero-order chi connectivity index (χ0) is 20.1. The first-order chi connectivity index (χ1) is 13.4. The van der Waals surface area contributed by atoms with Crippen molar-refractivity contribution in [1.82, 2.24) is 4.98 Å². The number of aromatic nitrogens is 1. The van der Waals surface area contributed by atoms with Crippen molar-refractivity contribution < 1.29 is 0 Å². The maximum absolute atomic E-state index is 8.41. The van der Waals surface area contributed by atoms with E-state index in [0.717, 1.165) is 33.8 Å². The average Bonchev–Trinajstić information content (AvgIpc) is 3.15. The van der Waals surface area contributed by atoms with E-state index in [4.69, 9.17) is 10.8 Å².